The van der Waals surface area contributed by atoms with Crippen molar-refractivity contribution in [3.8, 4) is 11.5 Å². The normalized spacial score (nSPS) is 15.1. The fourth-order valence-electron chi connectivity index (χ4n) is 3.26. The van der Waals surface area contributed by atoms with Gasteiger partial charge in [0.25, 0.3) is 5.91 Å². The number of benzene rings is 1. The predicted molar refractivity (Wildman–Crippen MR) is 99.7 cm³/mol. The number of hydrogen-bond acceptors (Lipinski definition) is 5. The molecule has 1 aliphatic heterocycles. The van der Waals surface area contributed by atoms with Gasteiger partial charge in [-0.15, -0.1) is 11.3 Å². The van der Waals surface area contributed by atoms with Crippen LogP contribution in [0.2, 0.25) is 0 Å². The Labute approximate surface area is 154 Å². The average molecular weight is 370 g/mol. The fourth-order valence-corrected chi connectivity index (χ4v) is 4.55. The molecule has 0 fully saturated rings. The van der Waals surface area contributed by atoms with Crippen molar-refractivity contribution < 1.29 is 19.1 Å². The highest BCUT2D eigenvalue weighted by Crippen LogP contribution is 2.38. The number of carbonyl (C=O) groups is 2. The van der Waals surface area contributed by atoms with Gasteiger partial charge in [-0.05, 0) is 55.0 Å². The third-order valence-corrected chi connectivity index (χ3v) is 5.69. The Kier molecular flexibility index (Phi) is 4.38. The zero-order valence-electron chi connectivity index (χ0n) is 14.0. The number of carbonyl (C=O) groups excluding carboxylic acids is 2. The van der Waals surface area contributed by atoms with Crippen molar-refractivity contribution in [1.82, 2.24) is 0 Å². The van der Waals surface area contributed by atoms with Crippen LogP contribution in [0.15, 0.2) is 24.3 Å². The van der Waals surface area contributed by atoms with Crippen LogP contribution in [-0.4, -0.2) is 18.6 Å². The minimum absolute atomic E-state index is 0.210. The summed E-state index contributed by atoms with van der Waals surface area (Å²) in [4.78, 5) is 25.3. The maximum atomic E-state index is 12.3. The first kappa shape index (κ1) is 16.7. The van der Waals surface area contributed by atoms with E-state index in [1.807, 2.05) is 12.1 Å². The molecule has 0 atom stereocenters. The first-order valence-electron chi connectivity index (χ1n) is 8.45. The lowest BCUT2D eigenvalue weighted by atomic mass is 9.95. The summed E-state index contributed by atoms with van der Waals surface area (Å²) in [6.45, 7) is 0.210. The highest BCUT2D eigenvalue weighted by atomic mass is 32.1. The van der Waals surface area contributed by atoms with Gasteiger partial charge in [-0.1, -0.05) is 6.07 Å². The molecule has 1 aromatic carbocycles. The number of rotatable bonds is 4. The largest absolute Gasteiger partial charge is 0.454 e. The van der Waals surface area contributed by atoms with E-state index in [2.05, 4.69) is 5.32 Å². The minimum Gasteiger partial charge on any atom is -0.454 e. The second-order valence-electron chi connectivity index (χ2n) is 6.21. The second kappa shape index (κ2) is 6.84. The van der Waals surface area contributed by atoms with Gasteiger partial charge >= 0.3 is 0 Å². The number of nitrogens with one attached hydrogen (secondary N) is 1. The summed E-state index contributed by atoms with van der Waals surface area (Å²) in [7, 11) is 0. The van der Waals surface area contributed by atoms with Crippen molar-refractivity contribution in [1.29, 1.82) is 0 Å². The van der Waals surface area contributed by atoms with Crippen LogP contribution in [0, 0.1) is 0 Å². The van der Waals surface area contributed by atoms with Crippen molar-refractivity contribution in [3.05, 3.63) is 45.8 Å². The predicted octanol–water partition coefficient (Wildman–Crippen LogP) is 3.11. The van der Waals surface area contributed by atoms with E-state index in [1.165, 1.54) is 17.4 Å². The molecule has 1 aliphatic carbocycles. The highest BCUT2D eigenvalue weighted by molar-refractivity contribution is 7.17. The molecule has 7 heteroatoms. The lowest BCUT2D eigenvalue weighted by Crippen LogP contribution is -2.17. The van der Waals surface area contributed by atoms with Crippen LogP contribution in [0.25, 0.3) is 6.08 Å². The summed E-state index contributed by atoms with van der Waals surface area (Å²) < 4.78 is 10.6. The van der Waals surface area contributed by atoms with Crippen LogP contribution in [0.4, 0.5) is 5.00 Å². The van der Waals surface area contributed by atoms with Gasteiger partial charge < -0.3 is 20.5 Å². The number of ether oxygens (including phenoxy) is 2. The van der Waals surface area contributed by atoms with Crippen molar-refractivity contribution >= 4 is 34.2 Å². The zero-order chi connectivity index (χ0) is 18.1. The van der Waals surface area contributed by atoms with Crippen LogP contribution >= 0.6 is 11.3 Å². The number of hydrogen-bond donors (Lipinski definition) is 2. The van der Waals surface area contributed by atoms with Gasteiger partial charge in [0.2, 0.25) is 12.7 Å². The van der Waals surface area contributed by atoms with Crippen LogP contribution in [0.3, 0.4) is 0 Å². The van der Waals surface area contributed by atoms with Crippen LogP contribution in [-0.2, 0) is 17.6 Å². The summed E-state index contributed by atoms with van der Waals surface area (Å²) in [6.07, 6.45) is 7.04. The summed E-state index contributed by atoms with van der Waals surface area (Å²) in [5.74, 6) is 0.569. The number of aryl methyl sites for hydroxylation is 1. The van der Waals surface area contributed by atoms with Crippen LogP contribution in [0.5, 0.6) is 11.5 Å². The van der Waals surface area contributed by atoms with Gasteiger partial charge in [-0.3, -0.25) is 9.59 Å². The minimum atomic E-state index is -0.487. The molecule has 0 saturated heterocycles. The average Bonchev–Trinajstić information content (AvgIpc) is 3.23. The molecule has 2 aromatic rings. The molecule has 4 rings (SSSR count). The van der Waals surface area contributed by atoms with Gasteiger partial charge in [-0.25, -0.2) is 0 Å². The molecule has 1 aromatic heterocycles. The maximum Gasteiger partial charge on any atom is 0.251 e. The first-order chi connectivity index (χ1) is 12.6. The first-order valence-corrected chi connectivity index (χ1v) is 9.26. The quantitative estimate of drug-likeness (QED) is 0.809. The van der Waals surface area contributed by atoms with E-state index in [9.17, 15) is 9.59 Å². The zero-order valence-corrected chi connectivity index (χ0v) is 14.9. The number of thiophene rings is 1. The number of anilines is 1. The molecule has 2 aliphatic rings. The Morgan fingerprint density at radius 3 is 2.81 bits per heavy atom. The van der Waals surface area contributed by atoms with Crippen LogP contribution in [0.1, 0.15) is 39.2 Å². The Hall–Kier alpha value is -2.80. The molecule has 0 radical (unpaired) electrons. The van der Waals surface area contributed by atoms with Gasteiger partial charge in [0.1, 0.15) is 5.00 Å². The van der Waals surface area contributed by atoms with E-state index in [1.54, 1.807) is 12.1 Å². The molecular formula is C19H18N2O4S. The molecule has 2 heterocycles. The summed E-state index contributed by atoms with van der Waals surface area (Å²) in [6, 6.07) is 5.46. The Balaban J connectivity index is 1.51. The maximum absolute atomic E-state index is 12.3. The molecule has 0 saturated carbocycles. The molecule has 0 spiro atoms. The van der Waals surface area contributed by atoms with Gasteiger partial charge in [0, 0.05) is 11.0 Å². The number of fused-ring (bicyclic) bond motifs is 2. The Morgan fingerprint density at radius 2 is 1.96 bits per heavy atom. The van der Waals surface area contributed by atoms with Crippen LogP contribution < -0.4 is 20.5 Å². The van der Waals surface area contributed by atoms with E-state index in [0.29, 0.717) is 22.1 Å². The van der Waals surface area contributed by atoms with Crippen molar-refractivity contribution in [2.24, 2.45) is 5.73 Å². The molecule has 26 heavy (non-hydrogen) atoms. The van der Waals surface area contributed by atoms with Gasteiger partial charge in [0.15, 0.2) is 11.5 Å². The lowest BCUT2D eigenvalue weighted by molar-refractivity contribution is -0.111. The van der Waals surface area contributed by atoms with Crippen molar-refractivity contribution in [2.45, 2.75) is 25.7 Å². The molecule has 6 nitrogen and oxygen atoms in total. The lowest BCUT2D eigenvalue weighted by Gasteiger charge is -2.11. The van der Waals surface area contributed by atoms with E-state index < -0.39 is 5.91 Å². The SMILES string of the molecule is NC(=O)c1c(NC(=O)/C=C/c2ccc3c(c2)OCO3)sc2c1CCCC2. The molecule has 0 unspecified atom stereocenters. The smallest absolute Gasteiger partial charge is 0.251 e. The highest BCUT2D eigenvalue weighted by Gasteiger charge is 2.24. The van der Waals surface area contributed by atoms with E-state index >= 15 is 0 Å². The molecule has 134 valence electrons. The van der Waals surface area contributed by atoms with E-state index in [0.717, 1.165) is 41.7 Å². The topological polar surface area (TPSA) is 90.7 Å². The van der Waals surface area contributed by atoms with E-state index in [4.69, 9.17) is 15.2 Å². The molecule has 2 amide bonds. The number of nitrogens with two attached hydrogens (primary N) is 1. The third kappa shape index (κ3) is 3.17. The second-order valence-corrected chi connectivity index (χ2v) is 7.32. The van der Waals surface area contributed by atoms with Crippen molar-refractivity contribution in [2.75, 3.05) is 12.1 Å². The summed E-state index contributed by atoms with van der Waals surface area (Å²) in [5, 5.41) is 3.35. The summed E-state index contributed by atoms with van der Waals surface area (Å²) in [5.41, 5.74) is 7.84. The van der Waals surface area contributed by atoms with Gasteiger partial charge in [-0.2, -0.15) is 0 Å². The number of primary amides is 1. The Bertz CT molecular complexity index is 917. The van der Waals surface area contributed by atoms with Gasteiger partial charge in [0.05, 0.1) is 5.56 Å². The third-order valence-electron chi connectivity index (χ3n) is 4.48. The monoisotopic (exact) mass is 370 g/mol. The fraction of sp³-hybridized carbons (Fsp3) is 0.263. The van der Waals surface area contributed by atoms with E-state index in [-0.39, 0.29) is 12.7 Å². The molecule has 3 N–H and O–H groups in total. The standard InChI is InChI=1S/C19H18N2O4S/c20-18(23)17-12-3-1-2-4-15(12)26-19(17)21-16(22)8-6-11-5-7-13-14(9-11)25-10-24-13/h5-9H,1-4,10H2,(H2,20,23)(H,21,22)/b8-6+. The Morgan fingerprint density at radius 1 is 1.15 bits per heavy atom. The molecule has 0 bridgehead atoms. The number of amides is 2. The van der Waals surface area contributed by atoms with Crippen molar-refractivity contribution in [3.63, 3.8) is 0 Å². The summed E-state index contributed by atoms with van der Waals surface area (Å²) >= 11 is 1.45. The molecular weight excluding hydrogens is 352 g/mol.